The van der Waals surface area contributed by atoms with E-state index in [9.17, 15) is 13.2 Å². The zero-order valence-electron chi connectivity index (χ0n) is 11.4. The Morgan fingerprint density at radius 2 is 2.05 bits per heavy atom. The predicted octanol–water partition coefficient (Wildman–Crippen LogP) is 3.27. The molecule has 112 valence electrons. The van der Waals surface area contributed by atoms with Gasteiger partial charge >= 0.3 is 6.36 Å². The number of ether oxygens (including phenoxy) is 2. The molecule has 3 atom stereocenters. The highest BCUT2D eigenvalue weighted by atomic mass is 19.4. The molecule has 1 aromatic rings. The van der Waals surface area contributed by atoms with Gasteiger partial charge in [-0.15, -0.1) is 13.2 Å². The van der Waals surface area contributed by atoms with Gasteiger partial charge in [0, 0.05) is 12.2 Å². The number of alkyl halides is 3. The zero-order valence-corrected chi connectivity index (χ0v) is 11.4. The minimum Gasteiger partial charge on any atom is -0.405 e. The molecule has 20 heavy (non-hydrogen) atoms. The van der Waals surface area contributed by atoms with E-state index < -0.39 is 6.36 Å². The molecule has 1 aliphatic rings. The third-order valence-corrected chi connectivity index (χ3v) is 3.56. The molecule has 3 unspecified atom stereocenters. The SMILES string of the molecule is CNC(c1ccccc1OC(F)(F)F)C1OCCC1C. The fourth-order valence-corrected chi connectivity index (χ4v) is 2.60. The van der Waals surface area contributed by atoms with Crippen molar-refractivity contribution < 1.29 is 22.6 Å². The number of nitrogens with one attached hydrogen (secondary N) is 1. The van der Waals surface area contributed by atoms with Crippen molar-refractivity contribution in [3.8, 4) is 5.75 Å². The van der Waals surface area contributed by atoms with Gasteiger partial charge in [-0.3, -0.25) is 0 Å². The van der Waals surface area contributed by atoms with Crippen LogP contribution in [0.15, 0.2) is 24.3 Å². The zero-order chi connectivity index (χ0) is 14.8. The van der Waals surface area contributed by atoms with Crippen LogP contribution in [0.4, 0.5) is 13.2 Å². The second kappa shape index (κ2) is 6.01. The molecule has 6 heteroatoms. The highest BCUT2D eigenvalue weighted by Gasteiger charge is 2.36. The lowest BCUT2D eigenvalue weighted by Gasteiger charge is -2.27. The Morgan fingerprint density at radius 3 is 2.60 bits per heavy atom. The number of hydrogen-bond donors (Lipinski definition) is 1. The maximum atomic E-state index is 12.5. The Labute approximate surface area is 116 Å². The van der Waals surface area contributed by atoms with Crippen LogP contribution in [0.3, 0.4) is 0 Å². The van der Waals surface area contributed by atoms with Crippen molar-refractivity contribution in [2.24, 2.45) is 5.92 Å². The molecule has 0 aliphatic carbocycles. The first kappa shape index (κ1) is 15.1. The number of para-hydroxylation sites is 1. The molecule has 0 radical (unpaired) electrons. The summed E-state index contributed by atoms with van der Waals surface area (Å²) in [5.74, 6) is 0.105. The molecular formula is C14H18F3NO2. The Morgan fingerprint density at radius 1 is 1.35 bits per heavy atom. The average Bonchev–Trinajstić information content (AvgIpc) is 2.77. The van der Waals surface area contributed by atoms with Crippen LogP contribution >= 0.6 is 0 Å². The van der Waals surface area contributed by atoms with Gasteiger partial charge in [-0.2, -0.15) is 0 Å². The predicted molar refractivity (Wildman–Crippen MR) is 68.4 cm³/mol. The molecule has 1 saturated heterocycles. The van der Waals surface area contributed by atoms with Crippen molar-refractivity contribution in [3.63, 3.8) is 0 Å². The van der Waals surface area contributed by atoms with Gasteiger partial charge in [0.2, 0.25) is 0 Å². The lowest BCUT2D eigenvalue weighted by atomic mass is 9.92. The van der Waals surface area contributed by atoms with Crippen molar-refractivity contribution >= 4 is 0 Å². The molecule has 0 aromatic heterocycles. The minimum atomic E-state index is -4.70. The summed E-state index contributed by atoms with van der Waals surface area (Å²) < 4.78 is 47.2. The Hall–Kier alpha value is -1.27. The van der Waals surface area contributed by atoms with E-state index in [2.05, 4.69) is 10.1 Å². The first-order valence-corrected chi connectivity index (χ1v) is 6.56. The summed E-state index contributed by atoms with van der Waals surface area (Å²) in [4.78, 5) is 0. The molecule has 0 spiro atoms. The lowest BCUT2D eigenvalue weighted by Crippen LogP contribution is -2.33. The first-order chi connectivity index (χ1) is 9.42. The quantitative estimate of drug-likeness (QED) is 0.922. The Kier molecular flexibility index (Phi) is 4.55. The third-order valence-electron chi connectivity index (χ3n) is 3.56. The topological polar surface area (TPSA) is 30.5 Å². The molecule has 0 amide bonds. The van der Waals surface area contributed by atoms with Crippen LogP contribution in [0.25, 0.3) is 0 Å². The fraction of sp³-hybridized carbons (Fsp3) is 0.571. The maximum Gasteiger partial charge on any atom is 0.573 e. The van der Waals surface area contributed by atoms with Crippen LogP contribution in [0, 0.1) is 5.92 Å². The summed E-state index contributed by atoms with van der Waals surface area (Å²) in [7, 11) is 1.71. The smallest absolute Gasteiger partial charge is 0.405 e. The van der Waals surface area contributed by atoms with Crippen LogP contribution in [0.5, 0.6) is 5.75 Å². The van der Waals surface area contributed by atoms with Crippen molar-refractivity contribution in [2.45, 2.75) is 31.9 Å². The van der Waals surface area contributed by atoms with Crippen LogP contribution in [0.2, 0.25) is 0 Å². The van der Waals surface area contributed by atoms with Crippen LogP contribution in [-0.4, -0.2) is 26.1 Å². The fourth-order valence-electron chi connectivity index (χ4n) is 2.60. The van der Waals surface area contributed by atoms with Gasteiger partial charge in [0.25, 0.3) is 0 Å². The van der Waals surface area contributed by atoms with Crippen molar-refractivity contribution in [1.82, 2.24) is 5.32 Å². The summed E-state index contributed by atoms with van der Waals surface area (Å²) in [6.07, 6.45) is -3.94. The molecule has 1 aliphatic heterocycles. The Bertz CT molecular complexity index is 450. The monoisotopic (exact) mass is 289 g/mol. The lowest BCUT2D eigenvalue weighted by molar-refractivity contribution is -0.275. The van der Waals surface area contributed by atoms with Crippen LogP contribution in [0.1, 0.15) is 24.9 Å². The molecule has 0 saturated carbocycles. The standard InChI is InChI=1S/C14H18F3NO2/c1-9-7-8-19-13(9)12(18-2)10-5-3-4-6-11(10)20-14(15,16)17/h3-6,9,12-13,18H,7-8H2,1-2H3. The summed E-state index contributed by atoms with van der Waals surface area (Å²) in [5.41, 5.74) is 0.464. The van der Waals surface area contributed by atoms with Crippen molar-refractivity contribution in [3.05, 3.63) is 29.8 Å². The first-order valence-electron chi connectivity index (χ1n) is 6.56. The molecule has 2 rings (SSSR count). The number of hydrogen-bond acceptors (Lipinski definition) is 3. The summed E-state index contributed by atoms with van der Waals surface area (Å²) in [5, 5.41) is 3.04. The molecule has 0 bridgehead atoms. The highest BCUT2D eigenvalue weighted by Crippen LogP contribution is 2.36. The maximum absolute atomic E-state index is 12.5. The largest absolute Gasteiger partial charge is 0.573 e. The highest BCUT2D eigenvalue weighted by molar-refractivity contribution is 5.37. The number of likely N-dealkylation sites (N-methyl/N-ethyl adjacent to an activating group) is 1. The molecule has 1 fully saturated rings. The van der Waals surface area contributed by atoms with Gasteiger partial charge in [0.15, 0.2) is 0 Å². The molecular weight excluding hydrogens is 271 g/mol. The van der Waals surface area contributed by atoms with E-state index in [1.54, 1.807) is 19.2 Å². The van der Waals surface area contributed by atoms with E-state index in [1.807, 2.05) is 6.92 Å². The molecule has 1 aromatic carbocycles. The number of rotatable bonds is 4. The van der Waals surface area contributed by atoms with Gasteiger partial charge in [0.05, 0.1) is 12.1 Å². The summed E-state index contributed by atoms with van der Waals surface area (Å²) in [6, 6.07) is 5.85. The van der Waals surface area contributed by atoms with E-state index in [-0.39, 0.29) is 23.8 Å². The number of halogens is 3. The normalized spacial score (nSPS) is 24.6. The van der Waals surface area contributed by atoms with Gasteiger partial charge in [-0.05, 0) is 25.5 Å². The third kappa shape index (κ3) is 3.43. The summed E-state index contributed by atoms with van der Waals surface area (Å²) >= 11 is 0. The van der Waals surface area contributed by atoms with E-state index in [1.165, 1.54) is 12.1 Å². The minimum absolute atomic E-state index is 0.155. The van der Waals surface area contributed by atoms with Gasteiger partial charge < -0.3 is 14.8 Å². The van der Waals surface area contributed by atoms with E-state index >= 15 is 0 Å². The van der Waals surface area contributed by atoms with E-state index in [0.717, 1.165) is 6.42 Å². The number of benzene rings is 1. The van der Waals surface area contributed by atoms with Gasteiger partial charge in [-0.1, -0.05) is 25.1 Å². The second-order valence-electron chi connectivity index (χ2n) is 4.95. The van der Waals surface area contributed by atoms with E-state index in [0.29, 0.717) is 12.2 Å². The molecule has 3 nitrogen and oxygen atoms in total. The second-order valence-corrected chi connectivity index (χ2v) is 4.95. The van der Waals surface area contributed by atoms with E-state index in [4.69, 9.17) is 4.74 Å². The van der Waals surface area contributed by atoms with Gasteiger partial charge in [0.1, 0.15) is 5.75 Å². The average molecular weight is 289 g/mol. The molecule has 1 N–H and O–H groups in total. The summed E-state index contributed by atoms with van der Waals surface area (Å²) in [6.45, 7) is 2.67. The molecule has 1 heterocycles. The van der Waals surface area contributed by atoms with Crippen molar-refractivity contribution in [1.29, 1.82) is 0 Å². The van der Waals surface area contributed by atoms with Crippen molar-refractivity contribution in [2.75, 3.05) is 13.7 Å². The van der Waals surface area contributed by atoms with Crippen LogP contribution < -0.4 is 10.1 Å². The van der Waals surface area contributed by atoms with Crippen LogP contribution in [-0.2, 0) is 4.74 Å². The Balaban J connectivity index is 2.29. The van der Waals surface area contributed by atoms with Gasteiger partial charge in [-0.25, -0.2) is 0 Å².